The van der Waals surface area contributed by atoms with Crippen LogP contribution in [0.1, 0.15) is 15.9 Å². The van der Waals surface area contributed by atoms with E-state index in [-0.39, 0.29) is 16.3 Å². The van der Waals surface area contributed by atoms with Gasteiger partial charge in [-0.2, -0.15) is 13.2 Å². The van der Waals surface area contributed by atoms with Crippen molar-refractivity contribution in [2.75, 3.05) is 5.32 Å². The van der Waals surface area contributed by atoms with Crippen molar-refractivity contribution in [1.29, 1.82) is 0 Å². The van der Waals surface area contributed by atoms with Gasteiger partial charge < -0.3 is 9.88 Å². The summed E-state index contributed by atoms with van der Waals surface area (Å²) in [5, 5.41) is 2.64. The van der Waals surface area contributed by atoms with Gasteiger partial charge in [-0.05, 0) is 24.3 Å². The number of hydrogen-bond donors (Lipinski definition) is 1. The van der Waals surface area contributed by atoms with Crippen LogP contribution in [0.5, 0.6) is 0 Å². The summed E-state index contributed by atoms with van der Waals surface area (Å²) in [4.78, 5) is 24.7. The van der Waals surface area contributed by atoms with E-state index in [1.54, 1.807) is 35.9 Å². The van der Waals surface area contributed by atoms with Gasteiger partial charge in [0.15, 0.2) is 0 Å². The third-order valence-electron chi connectivity index (χ3n) is 3.89. The number of benzene rings is 2. The highest BCUT2D eigenvalue weighted by Crippen LogP contribution is 2.34. The molecule has 3 rings (SSSR count). The Morgan fingerprint density at radius 2 is 1.81 bits per heavy atom. The average Bonchev–Trinajstić information content (AvgIpc) is 2.92. The van der Waals surface area contributed by atoms with Gasteiger partial charge in [-0.15, -0.1) is 0 Å². The number of carbonyl (C=O) groups is 2. The number of carbonyl (C=O) groups excluding carboxylic acids is 2. The second kappa shape index (κ2) is 6.49. The first-order chi connectivity index (χ1) is 12.2. The maximum absolute atomic E-state index is 12.8. The maximum atomic E-state index is 12.8. The molecule has 134 valence electrons. The van der Waals surface area contributed by atoms with Crippen LogP contribution in [0.4, 0.5) is 18.9 Å². The van der Waals surface area contributed by atoms with E-state index in [9.17, 15) is 22.8 Å². The van der Waals surface area contributed by atoms with E-state index in [0.717, 1.165) is 17.6 Å². The van der Waals surface area contributed by atoms with Crippen LogP contribution >= 0.6 is 11.6 Å². The van der Waals surface area contributed by atoms with Crippen molar-refractivity contribution < 1.29 is 22.8 Å². The third kappa shape index (κ3) is 3.30. The largest absolute Gasteiger partial charge is 0.416 e. The first-order valence-electron chi connectivity index (χ1n) is 7.45. The van der Waals surface area contributed by atoms with Crippen molar-refractivity contribution in [2.24, 2.45) is 7.05 Å². The number of para-hydroxylation sites is 1. The van der Waals surface area contributed by atoms with Gasteiger partial charge in [-0.3, -0.25) is 9.59 Å². The zero-order valence-corrected chi connectivity index (χ0v) is 14.2. The third-order valence-corrected chi connectivity index (χ3v) is 4.22. The van der Waals surface area contributed by atoms with Crippen molar-refractivity contribution >= 4 is 39.9 Å². The Bertz CT molecular complexity index is 1020. The van der Waals surface area contributed by atoms with E-state index in [0.29, 0.717) is 11.5 Å². The van der Waals surface area contributed by atoms with E-state index in [1.807, 2.05) is 0 Å². The van der Waals surface area contributed by atoms with E-state index in [1.165, 1.54) is 6.20 Å². The van der Waals surface area contributed by atoms with Crippen molar-refractivity contribution in [2.45, 2.75) is 6.18 Å². The van der Waals surface area contributed by atoms with Crippen LogP contribution in [0.3, 0.4) is 0 Å². The molecule has 1 heterocycles. The molecule has 1 aromatic heterocycles. The number of aromatic nitrogens is 1. The van der Waals surface area contributed by atoms with E-state index in [2.05, 4.69) is 5.32 Å². The number of alkyl halides is 3. The lowest BCUT2D eigenvalue weighted by Gasteiger charge is -2.11. The number of aryl methyl sites for hydroxylation is 1. The van der Waals surface area contributed by atoms with Crippen LogP contribution in [0, 0.1) is 0 Å². The van der Waals surface area contributed by atoms with Gasteiger partial charge >= 0.3 is 6.18 Å². The second-order valence-electron chi connectivity index (χ2n) is 5.65. The van der Waals surface area contributed by atoms with Crippen molar-refractivity contribution in [3.8, 4) is 0 Å². The predicted octanol–water partition coefficient (Wildman–Crippen LogP) is 4.67. The summed E-state index contributed by atoms with van der Waals surface area (Å²) in [5.41, 5.74) is -0.348. The SMILES string of the molecule is Cn1cc(C(=O)C(=O)Nc2cc(C(F)(F)F)ccc2Cl)c2ccccc21. The van der Waals surface area contributed by atoms with Crippen molar-refractivity contribution in [3.05, 3.63) is 64.8 Å². The predicted molar refractivity (Wildman–Crippen MR) is 92.3 cm³/mol. The molecule has 4 nitrogen and oxygen atoms in total. The number of amides is 1. The highest BCUT2D eigenvalue weighted by molar-refractivity contribution is 6.49. The fraction of sp³-hybridized carbons (Fsp3) is 0.111. The summed E-state index contributed by atoms with van der Waals surface area (Å²) < 4.78 is 40.1. The Morgan fingerprint density at radius 1 is 1.12 bits per heavy atom. The number of halogens is 4. The zero-order chi connectivity index (χ0) is 19.1. The molecule has 0 fully saturated rings. The molecule has 1 amide bonds. The summed E-state index contributed by atoms with van der Waals surface area (Å²) in [5.74, 6) is -1.93. The van der Waals surface area contributed by atoms with Crippen LogP contribution < -0.4 is 5.32 Å². The summed E-state index contributed by atoms with van der Waals surface area (Å²) in [6.45, 7) is 0. The quantitative estimate of drug-likeness (QED) is 0.530. The minimum Gasteiger partial charge on any atom is -0.350 e. The van der Waals surface area contributed by atoms with Crippen molar-refractivity contribution in [1.82, 2.24) is 4.57 Å². The number of fused-ring (bicyclic) bond motifs is 1. The highest BCUT2D eigenvalue weighted by atomic mass is 35.5. The van der Waals surface area contributed by atoms with Crippen LogP contribution in [0.2, 0.25) is 5.02 Å². The molecule has 3 aromatic rings. The fourth-order valence-electron chi connectivity index (χ4n) is 2.62. The first kappa shape index (κ1) is 18.0. The number of rotatable bonds is 3. The lowest BCUT2D eigenvalue weighted by Crippen LogP contribution is -2.23. The lowest BCUT2D eigenvalue weighted by molar-refractivity contribution is -0.137. The van der Waals surface area contributed by atoms with E-state index in [4.69, 9.17) is 11.6 Å². The van der Waals surface area contributed by atoms with Crippen molar-refractivity contribution in [3.63, 3.8) is 0 Å². The fourth-order valence-corrected chi connectivity index (χ4v) is 2.79. The monoisotopic (exact) mass is 380 g/mol. The molecule has 1 N–H and O–H groups in total. The Balaban J connectivity index is 1.92. The zero-order valence-electron chi connectivity index (χ0n) is 13.4. The molecule has 0 saturated carbocycles. The number of hydrogen-bond acceptors (Lipinski definition) is 2. The molecule has 8 heteroatoms. The van der Waals surface area contributed by atoms with Gasteiger partial charge in [-0.1, -0.05) is 29.8 Å². The van der Waals surface area contributed by atoms with E-state index >= 15 is 0 Å². The lowest BCUT2D eigenvalue weighted by atomic mass is 10.1. The van der Waals surface area contributed by atoms with Crippen LogP contribution in [-0.4, -0.2) is 16.3 Å². The highest BCUT2D eigenvalue weighted by Gasteiger charge is 2.31. The number of Topliss-reactive ketones (excluding diaryl/α,β-unsaturated/α-hetero) is 1. The standard InChI is InChI=1S/C18H12ClF3N2O2/c1-24-9-12(11-4-2-3-5-15(11)24)16(25)17(26)23-14-8-10(18(20,21)22)6-7-13(14)19/h2-9H,1H3,(H,23,26). The normalized spacial score (nSPS) is 11.6. The Morgan fingerprint density at radius 3 is 2.50 bits per heavy atom. The second-order valence-corrected chi connectivity index (χ2v) is 6.05. The van der Waals surface area contributed by atoms with Crippen LogP contribution in [0.15, 0.2) is 48.7 Å². The molecule has 0 spiro atoms. The topological polar surface area (TPSA) is 51.1 Å². The molecule has 0 saturated heterocycles. The Labute approximate surface area is 151 Å². The first-order valence-corrected chi connectivity index (χ1v) is 7.83. The molecule has 0 aliphatic heterocycles. The summed E-state index contributed by atoms with van der Waals surface area (Å²) in [6.07, 6.45) is -3.09. The average molecular weight is 381 g/mol. The summed E-state index contributed by atoms with van der Waals surface area (Å²) in [6, 6.07) is 9.49. The summed E-state index contributed by atoms with van der Waals surface area (Å²) in [7, 11) is 1.72. The Kier molecular flexibility index (Phi) is 4.50. The van der Waals surface area contributed by atoms with Crippen LogP contribution in [0.25, 0.3) is 10.9 Å². The van der Waals surface area contributed by atoms with Gasteiger partial charge in [0.25, 0.3) is 11.7 Å². The molecule has 0 aliphatic rings. The molecular weight excluding hydrogens is 369 g/mol. The van der Waals surface area contributed by atoms with Gasteiger partial charge in [0.1, 0.15) is 0 Å². The number of nitrogens with zero attached hydrogens (tertiary/aromatic N) is 1. The molecule has 0 unspecified atom stereocenters. The molecule has 26 heavy (non-hydrogen) atoms. The minimum absolute atomic E-state index is 0.0999. The van der Waals surface area contributed by atoms with Gasteiger partial charge in [0.05, 0.1) is 21.8 Å². The smallest absolute Gasteiger partial charge is 0.350 e. The minimum atomic E-state index is -4.59. The molecule has 0 aliphatic carbocycles. The van der Waals surface area contributed by atoms with Gasteiger partial charge in [0, 0.05) is 24.1 Å². The maximum Gasteiger partial charge on any atom is 0.416 e. The number of ketones is 1. The molecule has 0 atom stereocenters. The molecular formula is C18H12ClF3N2O2. The molecule has 2 aromatic carbocycles. The molecule has 0 bridgehead atoms. The number of anilines is 1. The molecule has 0 radical (unpaired) electrons. The number of nitrogens with one attached hydrogen (secondary N) is 1. The van der Waals surface area contributed by atoms with Crippen LogP contribution in [-0.2, 0) is 18.0 Å². The van der Waals surface area contributed by atoms with Gasteiger partial charge in [0.2, 0.25) is 0 Å². The van der Waals surface area contributed by atoms with E-state index < -0.39 is 23.4 Å². The van der Waals surface area contributed by atoms with Gasteiger partial charge in [-0.25, -0.2) is 0 Å². The Hall–Kier alpha value is -2.80. The summed E-state index contributed by atoms with van der Waals surface area (Å²) >= 11 is 5.84.